The number of carbonyl (C=O) groups is 2. The number of anilines is 2. The van der Waals surface area contributed by atoms with E-state index in [-0.39, 0.29) is 11.8 Å². The van der Waals surface area contributed by atoms with Gasteiger partial charge in [-0.2, -0.15) is 0 Å². The van der Waals surface area contributed by atoms with Crippen LogP contribution in [0.1, 0.15) is 18.1 Å². The fourth-order valence-electron chi connectivity index (χ4n) is 3.32. The number of hydrogen-bond acceptors (Lipinski definition) is 4. The number of hydrogen-bond donors (Lipinski definition) is 2. The number of ether oxygens (including phenoxy) is 2. The molecule has 0 fully saturated rings. The van der Waals surface area contributed by atoms with Gasteiger partial charge in [0.25, 0.3) is 11.8 Å². The van der Waals surface area contributed by atoms with Gasteiger partial charge < -0.3 is 20.1 Å². The van der Waals surface area contributed by atoms with Crippen LogP contribution in [0, 0.1) is 0 Å². The van der Waals surface area contributed by atoms with Crippen LogP contribution in [0.2, 0.25) is 0 Å². The molecule has 0 bridgehead atoms. The molecule has 1 heterocycles. The standard InChI is InChI=1S/C25H22N2O4/c1-16-24(28)27-21-15-19(12-13-23(21)31-16)26-25(29)20(17-8-4-3-5-9-17)14-18-10-6-7-11-22(18)30-2/h3-16H,1-2H3,(H,26,29)(H,27,28)/b20-14+. The Labute approximate surface area is 180 Å². The third-order valence-corrected chi connectivity index (χ3v) is 4.94. The molecule has 6 nitrogen and oxygen atoms in total. The smallest absolute Gasteiger partial charge is 0.265 e. The molecule has 3 aromatic carbocycles. The van der Waals surface area contributed by atoms with Gasteiger partial charge in [0.05, 0.1) is 12.8 Å². The van der Waals surface area contributed by atoms with Gasteiger partial charge in [0, 0.05) is 16.8 Å². The largest absolute Gasteiger partial charge is 0.496 e. The Kier molecular flexibility index (Phi) is 5.71. The Bertz CT molecular complexity index is 1160. The number of rotatable bonds is 5. The summed E-state index contributed by atoms with van der Waals surface area (Å²) in [5.74, 6) is 0.731. The second-order valence-electron chi connectivity index (χ2n) is 7.08. The summed E-state index contributed by atoms with van der Waals surface area (Å²) in [5, 5.41) is 5.71. The lowest BCUT2D eigenvalue weighted by molar-refractivity contribution is -0.122. The SMILES string of the molecule is COc1ccccc1/C=C(/C(=O)Nc1ccc2c(c1)NC(=O)C(C)O2)c1ccccc1. The first kappa shape index (κ1) is 20.2. The van der Waals surface area contributed by atoms with Crippen molar-refractivity contribution in [3.05, 3.63) is 83.9 Å². The van der Waals surface area contributed by atoms with E-state index < -0.39 is 6.10 Å². The average Bonchev–Trinajstić information content (AvgIpc) is 2.79. The first-order valence-electron chi connectivity index (χ1n) is 9.88. The van der Waals surface area contributed by atoms with Crippen LogP contribution in [0.3, 0.4) is 0 Å². The second kappa shape index (κ2) is 8.75. The molecule has 0 aromatic heterocycles. The lowest BCUT2D eigenvalue weighted by Crippen LogP contribution is -2.34. The molecule has 0 radical (unpaired) electrons. The van der Waals surface area contributed by atoms with Gasteiger partial charge >= 0.3 is 0 Å². The number of amides is 2. The number of nitrogens with one attached hydrogen (secondary N) is 2. The molecule has 0 saturated heterocycles. The van der Waals surface area contributed by atoms with Crippen LogP contribution in [0.4, 0.5) is 11.4 Å². The fraction of sp³-hybridized carbons (Fsp3) is 0.120. The van der Waals surface area contributed by atoms with E-state index in [1.54, 1.807) is 38.3 Å². The zero-order chi connectivity index (χ0) is 21.8. The maximum atomic E-state index is 13.3. The molecule has 6 heteroatoms. The highest BCUT2D eigenvalue weighted by atomic mass is 16.5. The van der Waals surface area contributed by atoms with E-state index in [2.05, 4.69) is 10.6 Å². The summed E-state index contributed by atoms with van der Waals surface area (Å²) < 4.78 is 11.0. The zero-order valence-electron chi connectivity index (χ0n) is 17.2. The molecule has 1 aliphatic heterocycles. The van der Waals surface area contributed by atoms with Crippen LogP contribution in [-0.2, 0) is 9.59 Å². The van der Waals surface area contributed by atoms with Gasteiger partial charge in [0.2, 0.25) is 0 Å². The number of para-hydroxylation sites is 1. The van der Waals surface area contributed by atoms with Crippen LogP contribution in [-0.4, -0.2) is 25.0 Å². The molecular formula is C25H22N2O4. The molecule has 31 heavy (non-hydrogen) atoms. The average molecular weight is 414 g/mol. The topological polar surface area (TPSA) is 76.7 Å². The highest BCUT2D eigenvalue weighted by molar-refractivity contribution is 6.29. The summed E-state index contributed by atoms with van der Waals surface area (Å²) in [6.45, 7) is 1.68. The predicted molar refractivity (Wildman–Crippen MR) is 121 cm³/mol. The van der Waals surface area contributed by atoms with Gasteiger partial charge in [0.1, 0.15) is 11.5 Å². The molecule has 3 aromatic rings. The third kappa shape index (κ3) is 4.43. The number of fused-ring (bicyclic) bond motifs is 1. The molecule has 156 valence electrons. The van der Waals surface area contributed by atoms with Crippen molar-refractivity contribution in [1.82, 2.24) is 0 Å². The number of carbonyl (C=O) groups excluding carboxylic acids is 2. The van der Waals surface area contributed by atoms with Crippen LogP contribution < -0.4 is 20.1 Å². The summed E-state index contributed by atoms with van der Waals surface area (Å²) in [7, 11) is 1.60. The third-order valence-electron chi connectivity index (χ3n) is 4.94. The Morgan fingerprint density at radius 2 is 1.81 bits per heavy atom. The molecule has 1 unspecified atom stereocenters. The van der Waals surface area contributed by atoms with Crippen molar-refractivity contribution in [1.29, 1.82) is 0 Å². The minimum Gasteiger partial charge on any atom is -0.496 e. The minimum atomic E-state index is -0.554. The van der Waals surface area contributed by atoms with E-state index in [1.807, 2.05) is 54.6 Å². The van der Waals surface area contributed by atoms with Crippen LogP contribution in [0.5, 0.6) is 11.5 Å². The Morgan fingerprint density at radius 3 is 2.58 bits per heavy atom. The molecule has 0 saturated carbocycles. The summed E-state index contributed by atoms with van der Waals surface area (Å²) >= 11 is 0. The Morgan fingerprint density at radius 1 is 1.06 bits per heavy atom. The molecule has 4 rings (SSSR count). The van der Waals surface area contributed by atoms with Gasteiger partial charge in [-0.3, -0.25) is 9.59 Å². The first-order valence-corrected chi connectivity index (χ1v) is 9.88. The van der Waals surface area contributed by atoms with E-state index in [4.69, 9.17) is 9.47 Å². The van der Waals surface area contributed by atoms with Crippen LogP contribution in [0.15, 0.2) is 72.8 Å². The van der Waals surface area contributed by atoms with E-state index in [1.165, 1.54) is 0 Å². The monoisotopic (exact) mass is 414 g/mol. The molecular weight excluding hydrogens is 392 g/mol. The summed E-state index contributed by atoms with van der Waals surface area (Å²) in [6, 6.07) is 22.1. The van der Waals surface area contributed by atoms with Gasteiger partial charge in [0.15, 0.2) is 6.10 Å². The normalized spacial score (nSPS) is 15.4. The molecule has 1 atom stereocenters. The van der Waals surface area contributed by atoms with Crippen molar-refractivity contribution >= 4 is 34.8 Å². The maximum Gasteiger partial charge on any atom is 0.265 e. The van der Waals surface area contributed by atoms with Gasteiger partial charge in [-0.1, -0.05) is 48.5 Å². The highest BCUT2D eigenvalue weighted by Crippen LogP contribution is 2.33. The van der Waals surface area contributed by atoms with Crippen molar-refractivity contribution in [2.45, 2.75) is 13.0 Å². The second-order valence-corrected chi connectivity index (χ2v) is 7.08. The molecule has 1 aliphatic rings. The minimum absolute atomic E-state index is 0.225. The van der Waals surface area contributed by atoms with Crippen molar-refractivity contribution < 1.29 is 19.1 Å². The van der Waals surface area contributed by atoms with E-state index in [0.717, 1.165) is 11.1 Å². The predicted octanol–water partition coefficient (Wildman–Crippen LogP) is 4.59. The molecule has 2 N–H and O–H groups in total. The van der Waals surface area contributed by atoms with Crippen LogP contribution >= 0.6 is 0 Å². The Hall–Kier alpha value is -4.06. The molecule has 0 aliphatic carbocycles. The van der Waals surface area contributed by atoms with E-state index in [0.29, 0.717) is 28.4 Å². The zero-order valence-corrected chi connectivity index (χ0v) is 17.2. The van der Waals surface area contributed by atoms with Gasteiger partial charge in [-0.05, 0) is 42.8 Å². The number of benzene rings is 3. The van der Waals surface area contributed by atoms with Crippen LogP contribution in [0.25, 0.3) is 11.6 Å². The quantitative estimate of drug-likeness (QED) is 0.473. The summed E-state index contributed by atoms with van der Waals surface area (Å²) in [5.41, 5.74) is 3.12. The maximum absolute atomic E-state index is 13.3. The molecule has 2 amide bonds. The van der Waals surface area contributed by atoms with Crippen molar-refractivity contribution in [2.24, 2.45) is 0 Å². The lowest BCUT2D eigenvalue weighted by Gasteiger charge is -2.23. The van der Waals surface area contributed by atoms with Crippen molar-refractivity contribution in [3.8, 4) is 11.5 Å². The van der Waals surface area contributed by atoms with E-state index in [9.17, 15) is 9.59 Å². The summed E-state index contributed by atoms with van der Waals surface area (Å²) in [4.78, 5) is 25.2. The number of methoxy groups -OCH3 is 1. The lowest BCUT2D eigenvalue weighted by atomic mass is 10.0. The fourth-order valence-corrected chi connectivity index (χ4v) is 3.32. The first-order chi connectivity index (χ1) is 15.0. The Balaban J connectivity index is 1.67. The summed E-state index contributed by atoms with van der Waals surface area (Å²) in [6.07, 6.45) is 1.25. The van der Waals surface area contributed by atoms with Crippen molar-refractivity contribution in [2.75, 3.05) is 17.7 Å². The molecule has 0 spiro atoms. The highest BCUT2D eigenvalue weighted by Gasteiger charge is 2.24. The van der Waals surface area contributed by atoms with Crippen molar-refractivity contribution in [3.63, 3.8) is 0 Å². The van der Waals surface area contributed by atoms with Gasteiger partial charge in [-0.15, -0.1) is 0 Å². The van der Waals surface area contributed by atoms with Gasteiger partial charge in [-0.25, -0.2) is 0 Å². The van der Waals surface area contributed by atoms with E-state index >= 15 is 0 Å².